The molecule has 0 aliphatic heterocycles. The van der Waals surface area contributed by atoms with Crippen LogP contribution in [0.5, 0.6) is 5.88 Å². The third-order valence-electron chi connectivity index (χ3n) is 5.89. The number of hydrogen-bond donors (Lipinski definition) is 2. The molecule has 0 radical (unpaired) electrons. The summed E-state index contributed by atoms with van der Waals surface area (Å²) < 4.78 is 32.4. The van der Waals surface area contributed by atoms with Crippen LogP contribution in [0.3, 0.4) is 0 Å². The lowest BCUT2D eigenvalue weighted by atomic mass is 10.1. The number of fused-ring (bicyclic) bond motifs is 1. The van der Waals surface area contributed by atoms with Gasteiger partial charge in [-0.25, -0.2) is 22.9 Å². The number of sulfone groups is 1. The van der Waals surface area contributed by atoms with E-state index < -0.39 is 15.7 Å². The average molecular weight is 521 g/mol. The number of benzene rings is 1. The number of carbonyl (C=O) groups is 2. The maximum absolute atomic E-state index is 13.2. The normalized spacial score (nSPS) is 13.4. The highest BCUT2D eigenvalue weighted by Gasteiger charge is 2.37. The largest absolute Gasteiger partial charge is 0.480 e. The monoisotopic (exact) mass is 520 g/mol. The van der Waals surface area contributed by atoms with Gasteiger partial charge in [0.1, 0.15) is 5.56 Å². The molecule has 1 fully saturated rings. The van der Waals surface area contributed by atoms with Crippen LogP contribution in [0.4, 0.5) is 5.82 Å². The van der Waals surface area contributed by atoms with Gasteiger partial charge >= 0.3 is 0 Å². The summed E-state index contributed by atoms with van der Waals surface area (Å²) in [4.78, 5) is 33.3. The third-order valence-corrected chi connectivity index (χ3v) is 8.25. The molecule has 5 rings (SSSR count). The first-order chi connectivity index (χ1) is 17.8. The van der Waals surface area contributed by atoms with Gasteiger partial charge in [0, 0.05) is 25.2 Å². The Labute approximate surface area is 212 Å². The zero-order valence-corrected chi connectivity index (χ0v) is 20.9. The molecule has 0 spiro atoms. The highest BCUT2D eigenvalue weighted by atomic mass is 32.2. The zero-order chi connectivity index (χ0) is 26.2. The standard InChI is InChI=1S/C25H24N6O5S/c1-15(32)28-22-14-31-23(29-22)10-9-20(30-31)17-11-19(25(36-2)27-13-17)24(33)26-12-16-5-3-4-6-21(16)37(34,35)18-7-8-18/h3-6,9-11,13-14,18H,7-8,12H2,1-2H3,(H,26,33)(H,28,32). The van der Waals surface area contributed by atoms with E-state index >= 15 is 0 Å². The first-order valence-corrected chi connectivity index (χ1v) is 13.1. The highest BCUT2D eigenvalue weighted by Crippen LogP contribution is 2.35. The van der Waals surface area contributed by atoms with Gasteiger partial charge in [0.2, 0.25) is 11.8 Å². The number of anilines is 1. The first-order valence-electron chi connectivity index (χ1n) is 11.5. The minimum atomic E-state index is -3.41. The molecule has 0 atom stereocenters. The topological polar surface area (TPSA) is 145 Å². The molecule has 12 heteroatoms. The van der Waals surface area contributed by atoms with Gasteiger partial charge in [-0.2, -0.15) is 5.10 Å². The Hall–Kier alpha value is -4.32. The summed E-state index contributed by atoms with van der Waals surface area (Å²) in [5.74, 6) is -0.223. The average Bonchev–Trinajstić information content (AvgIpc) is 3.68. The molecule has 37 heavy (non-hydrogen) atoms. The molecule has 2 N–H and O–H groups in total. The predicted molar refractivity (Wildman–Crippen MR) is 135 cm³/mol. The first kappa shape index (κ1) is 24.4. The molecule has 11 nitrogen and oxygen atoms in total. The Kier molecular flexibility index (Phi) is 6.34. The zero-order valence-electron chi connectivity index (χ0n) is 20.1. The Morgan fingerprint density at radius 3 is 2.68 bits per heavy atom. The second-order valence-corrected chi connectivity index (χ2v) is 10.8. The van der Waals surface area contributed by atoms with Crippen molar-refractivity contribution in [3.63, 3.8) is 0 Å². The lowest BCUT2D eigenvalue weighted by Gasteiger charge is -2.13. The fraction of sp³-hybridized carbons (Fsp3) is 0.240. The molecule has 1 aliphatic carbocycles. The van der Waals surface area contributed by atoms with Gasteiger partial charge in [0.05, 0.1) is 29.1 Å². The van der Waals surface area contributed by atoms with Crippen LogP contribution in [0.25, 0.3) is 16.9 Å². The molecule has 1 saturated carbocycles. The van der Waals surface area contributed by atoms with E-state index in [1.54, 1.807) is 48.7 Å². The van der Waals surface area contributed by atoms with Crippen LogP contribution >= 0.6 is 0 Å². The van der Waals surface area contributed by atoms with Gasteiger partial charge in [-0.05, 0) is 42.7 Å². The molecule has 0 saturated heterocycles. The maximum Gasteiger partial charge on any atom is 0.257 e. The van der Waals surface area contributed by atoms with Gasteiger partial charge in [0.25, 0.3) is 5.91 Å². The number of pyridine rings is 1. The van der Waals surface area contributed by atoms with E-state index in [9.17, 15) is 18.0 Å². The SMILES string of the molecule is COc1ncc(-c2ccc3nc(NC(C)=O)cn3n2)cc1C(=O)NCc1ccccc1S(=O)(=O)C1CC1. The number of amides is 2. The Morgan fingerprint density at radius 2 is 1.95 bits per heavy atom. The van der Waals surface area contributed by atoms with E-state index in [-0.39, 0.29) is 34.0 Å². The Bertz CT molecular complexity index is 1630. The molecule has 0 bridgehead atoms. The number of imidazole rings is 1. The number of rotatable bonds is 8. The number of methoxy groups -OCH3 is 1. The van der Waals surface area contributed by atoms with Gasteiger partial charge in [-0.1, -0.05) is 18.2 Å². The van der Waals surface area contributed by atoms with E-state index in [2.05, 4.69) is 25.7 Å². The maximum atomic E-state index is 13.2. The van der Waals surface area contributed by atoms with Gasteiger partial charge in [-0.15, -0.1) is 0 Å². The molecule has 2 amide bonds. The van der Waals surface area contributed by atoms with Crippen molar-refractivity contribution in [2.45, 2.75) is 36.5 Å². The summed E-state index contributed by atoms with van der Waals surface area (Å²) in [7, 11) is -2.00. The molecule has 1 aliphatic rings. The van der Waals surface area contributed by atoms with E-state index in [1.807, 2.05) is 0 Å². The molecule has 4 aromatic rings. The second kappa shape index (κ2) is 9.62. The lowest BCUT2D eigenvalue weighted by Crippen LogP contribution is -2.25. The fourth-order valence-electron chi connectivity index (χ4n) is 3.95. The van der Waals surface area contributed by atoms with Crippen molar-refractivity contribution in [3.05, 3.63) is 66.0 Å². The van der Waals surface area contributed by atoms with Crippen LogP contribution in [-0.2, 0) is 21.2 Å². The van der Waals surface area contributed by atoms with Crippen LogP contribution in [0.15, 0.2) is 59.8 Å². The predicted octanol–water partition coefficient (Wildman–Crippen LogP) is 2.62. The number of hydrogen-bond acceptors (Lipinski definition) is 8. The minimum Gasteiger partial charge on any atom is -0.480 e. The Morgan fingerprint density at radius 1 is 1.16 bits per heavy atom. The number of nitrogens with one attached hydrogen (secondary N) is 2. The summed E-state index contributed by atoms with van der Waals surface area (Å²) >= 11 is 0. The molecule has 190 valence electrons. The third kappa shape index (κ3) is 5.00. The van der Waals surface area contributed by atoms with E-state index in [4.69, 9.17) is 4.74 Å². The summed E-state index contributed by atoms with van der Waals surface area (Å²) in [6.45, 7) is 1.42. The molecule has 3 heterocycles. The quantitative estimate of drug-likeness (QED) is 0.361. The number of aromatic nitrogens is 4. The summed E-state index contributed by atoms with van der Waals surface area (Å²) in [6.07, 6.45) is 4.43. The molecular formula is C25H24N6O5S. The Balaban J connectivity index is 1.40. The van der Waals surface area contributed by atoms with E-state index in [0.717, 1.165) is 0 Å². The summed E-state index contributed by atoms with van der Waals surface area (Å²) in [5.41, 5.74) is 2.30. The molecule has 3 aromatic heterocycles. The van der Waals surface area contributed by atoms with Crippen molar-refractivity contribution >= 4 is 33.1 Å². The lowest BCUT2D eigenvalue weighted by molar-refractivity contribution is -0.114. The van der Waals surface area contributed by atoms with Gasteiger partial charge < -0.3 is 15.4 Å². The van der Waals surface area contributed by atoms with Crippen molar-refractivity contribution in [2.75, 3.05) is 12.4 Å². The van der Waals surface area contributed by atoms with Gasteiger partial charge in [0.15, 0.2) is 21.3 Å². The second-order valence-electron chi connectivity index (χ2n) is 8.64. The molecule has 1 aromatic carbocycles. The van der Waals surface area contributed by atoms with Crippen molar-refractivity contribution in [3.8, 4) is 17.1 Å². The van der Waals surface area contributed by atoms with Crippen molar-refractivity contribution in [1.82, 2.24) is 24.9 Å². The number of nitrogens with zero attached hydrogens (tertiary/aromatic N) is 4. The van der Waals surface area contributed by atoms with E-state index in [1.165, 1.54) is 24.7 Å². The molecule has 0 unspecified atom stereocenters. The summed E-state index contributed by atoms with van der Waals surface area (Å²) in [5, 5.41) is 9.57. The number of ether oxygens (including phenoxy) is 1. The van der Waals surface area contributed by atoms with Crippen LogP contribution in [0, 0.1) is 0 Å². The summed E-state index contributed by atoms with van der Waals surface area (Å²) in [6, 6.07) is 11.8. The van der Waals surface area contributed by atoms with Crippen molar-refractivity contribution in [1.29, 1.82) is 0 Å². The number of carbonyl (C=O) groups excluding carboxylic acids is 2. The van der Waals surface area contributed by atoms with Crippen LogP contribution < -0.4 is 15.4 Å². The van der Waals surface area contributed by atoms with E-state index in [0.29, 0.717) is 41.1 Å². The van der Waals surface area contributed by atoms with Crippen LogP contribution in [-0.4, -0.2) is 52.2 Å². The highest BCUT2D eigenvalue weighted by molar-refractivity contribution is 7.92. The van der Waals surface area contributed by atoms with Crippen LogP contribution in [0.2, 0.25) is 0 Å². The smallest absolute Gasteiger partial charge is 0.257 e. The van der Waals surface area contributed by atoms with Crippen molar-refractivity contribution < 1.29 is 22.7 Å². The molecular weight excluding hydrogens is 496 g/mol. The van der Waals surface area contributed by atoms with Gasteiger partial charge in [-0.3, -0.25) is 9.59 Å². The van der Waals surface area contributed by atoms with Crippen molar-refractivity contribution in [2.24, 2.45) is 0 Å². The fourth-order valence-corrected chi connectivity index (χ4v) is 5.84. The van der Waals surface area contributed by atoms with Crippen LogP contribution in [0.1, 0.15) is 35.7 Å². The minimum absolute atomic E-state index is 0.0273.